The molecule has 0 aromatic rings. The number of rotatable bonds is 9. The second kappa shape index (κ2) is 9.08. The molecule has 0 radical (unpaired) electrons. The summed E-state index contributed by atoms with van der Waals surface area (Å²) in [5, 5.41) is 21.3. The second-order valence-electron chi connectivity index (χ2n) is 5.67. The number of alkyl halides is 12. The second-order valence-corrected chi connectivity index (χ2v) is 7.27. The number of halogens is 12. The number of aliphatic hydroxyl groups is 1. The van der Waals surface area contributed by atoms with Crippen LogP contribution in [0.3, 0.4) is 0 Å². The van der Waals surface area contributed by atoms with Gasteiger partial charge in [0, 0.05) is 6.92 Å². The molecule has 192 valence electrons. The molecular weight excluding hydrogens is 520 g/mol. The Morgan fingerprint density at radius 1 is 0.750 bits per heavy atom. The van der Waals surface area contributed by atoms with Gasteiger partial charge < -0.3 is 15.3 Å². The maximum Gasteiger partial charge on any atom is 0.423 e. The van der Waals surface area contributed by atoms with Crippen molar-refractivity contribution in [2.24, 2.45) is 0 Å². The van der Waals surface area contributed by atoms with Gasteiger partial charge in [-0.05, 0) is 0 Å². The average Bonchev–Trinajstić information content (AvgIpc) is 2.48. The fourth-order valence-electron chi connectivity index (χ4n) is 1.34. The summed E-state index contributed by atoms with van der Waals surface area (Å²) in [4.78, 5) is 20.0. The molecule has 0 heterocycles. The van der Waals surface area contributed by atoms with Crippen LogP contribution >= 0.6 is 0 Å². The molecule has 0 aromatic carbocycles. The SMILES string of the molecule is CC(F)(F)C(F)(F)C(F)(F)C(F)(F)C(F)(F)C(O)(F)F.O=C(O)CC(C(=O)O)S(=O)(=O)O. The van der Waals surface area contributed by atoms with Crippen molar-refractivity contribution in [3.8, 4) is 0 Å². The quantitative estimate of drug-likeness (QED) is 0.263. The Morgan fingerprint density at radius 2 is 1.06 bits per heavy atom. The van der Waals surface area contributed by atoms with E-state index in [0.717, 1.165) is 0 Å². The number of aliphatic carboxylic acids is 2. The third-order valence-electron chi connectivity index (χ3n) is 3.11. The topological polar surface area (TPSA) is 149 Å². The van der Waals surface area contributed by atoms with Gasteiger partial charge in [-0.25, -0.2) is 0 Å². The predicted octanol–water partition coefficient (Wildman–Crippen LogP) is 2.57. The van der Waals surface area contributed by atoms with E-state index in [0.29, 0.717) is 0 Å². The lowest BCUT2D eigenvalue weighted by Gasteiger charge is -2.39. The van der Waals surface area contributed by atoms with Crippen LogP contribution in [0.1, 0.15) is 13.3 Å². The molecule has 0 aromatic heterocycles. The van der Waals surface area contributed by atoms with Gasteiger partial charge in [-0.2, -0.15) is 61.1 Å². The van der Waals surface area contributed by atoms with E-state index >= 15 is 0 Å². The molecule has 4 N–H and O–H groups in total. The minimum Gasteiger partial charge on any atom is -0.481 e. The fourth-order valence-corrected chi connectivity index (χ4v) is 1.95. The van der Waals surface area contributed by atoms with Gasteiger partial charge in [0.2, 0.25) is 0 Å². The minimum absolute atomic E-state index is 1.01. The van der Waals surface area contributed by atoms with Gasteiger partial charge in [-0.3, -0.25) is 14.1 Å². The molecule has 0 fully saturated rings. The minimum atomic E-state index is -7.68. The van der Waals surface area contributed by atoms with Crippen LogP contribution in [0.15, 0.2) is 0 Å². The lowest BCUT2D eigenvalue weighted by molar-refractivity contribution is -0.450. The Morgan fingerprint density at radius 3 is 1.22 bits per heavy atom. The number of hydrogen-bond acceptors (Lipinski definition) is 5. The number of carboxylic acids is 2. The molecule has 0 bridgehead atoms. The van der Waals surface area contributed by atoms with Crippen molar-refractivity contribution in [2.75, 3.05) is 0 Å². The van der Waals surface area contributed by atoms with Gasteiger partial charge >= 0.3 is 47.7 Å². The molecule has 1 atom stereocenters. The van der Waals surface area contributed by atoms with Gasteiger partial charge in [0.1, 0.15) is 0 Å². The fraction of sp³-hybridized carbons (Fsp3) is 0.818. The predicted molar refractivity (Wildman–Crippen MR) is 72.8 cm³/mol. The van der Waals surface area contributed by atoms with E-state index < -0.39 is 76.4 Å². The maximum absolute atomic E-state index is 12.6. The molecular formula is C11H10F12O8S. The molecule has 0 saturated carbocycles. The van der Waals surface area contributed by atoms with Crippen molar-refractivity contribution in [1.29, 1.82) is 0 Å². The number of hydrogen-bond donors (Lipinski definition) is 4. The summed E-state index contributed by atoms with van der Waals surface area (Å²) in [6, 6.07) is 0. The third-order valence-corrected chi connectivity index (χ3v) is 4.19. The summed E-state index contributed by atoms with van der Waals surface area (Å²) in [6.45, 7) is -1.01. The van der Waals surface area contributed by atoms with Gasteiger partial charge in [-0.1, -0.05) is 0 Å². The van der Waals surface area contributed by atoms with Crippen molar-refractivity contribution in [1.82, 2.24) is 0 Å². The standard InChI is InChI=1S/C7H4F12O.C4H6O7S/c1-2(8,9)3(10,11)4(12,13)5(14,15)6(16,17)7(18,19)20;5-3(6)1-2(4(7)8)12(9,10)11/h20H,1H3;2H,1H2,(H,5,6)(H,7,8)(H,9,10,11). The Hall–Kier alpha value is -2.03. The molecule has 8 nitrogen and oxygen atoms in total. The van der Waals surface area contributed by atoms with E-state index in [1.807, 2.05) is 0 Å². The molecule has 21 heteroatoms. The van der Waals surface area contributed by atoms with Crippen molar-refractivity contribution >= 4 is 22.1 Å². The summed E-state index contributed by atoms with van der Waals surface area (Å²) in [5.41, 5.74) is 0. The summed E-state index contributed by atoms with van der Waals surface area (Å²) in [6.07, 6.45) is -8.02. The molecule has 0 saturated heterocycles. The van der Waals surface area contributed by atoms with Gasteiger partial charge in [0.25, 0.3) is 10.1 Å². The van der Waals surface area contributed by atoms with Crippen LogP contribution in [-0.4, -0.2) is 81.2 Å². The lowest BCUT2D eigenvalue weighted by Crippen LogP contribution is -2.70. The van der Waals surface area contributed by atoms with E-state index in [-0.39, 0.29) is 0 Å². The zero-order chi connectivity index (χ0) is 26.9. The number of carbonyl (C=O) groups is 2. The number of carboxylic acid groups (broad SMARTS) is 2. The van der Waals surface area contributed by atoms with Gasteiger partial charge in [0.05, 0.1) is 6.42 Å². The van der Waals surface area contributed by atoms with Crippen LogP contribution in [0.2, 0.25) is 0 Å². The molecule has 0 amide bonds. The first-order chi connectivity index (χ1) is 13.5. The van der Waals surface area contributed by atoms with Crippen LogP contribution in [0, 0.1) is 0 Å². The van der Waals surface area contributed by atoms with Crippen LogP contribution < -0.4 is 0 Å². The third kappa shape index (κ3) is 6.27. The smallest absolute Gasteiger partial charge is 0.423 e. The molecule has 1 unspecified atom stereocenters. The first-order valence-corrected chi connectivity index (χ1v) is 8.40. The summed E-state index contributed by atoms with van der Waals surface area (Å²) in [5.74, 6) is -39.2. The Labute approximate surface area is 168 Å². The highest BCUT2D eigenvalue weighted by Gasteiger charge is 2.89. The normalized spacial score (nSPS) is 15.5. The Bertz CT molecular complexity index is 763. The molecule has 0 aliphatic rings. The Kier molecular flexibility index (Phi) is 9.12. The molecule has 0 rings (SSSR count). The van der Waals surface area contributed by atoms with Crippen molar-refractivity contribution in [2.45, 2.75) is 54.3 Å². The Balaban J connectivity index is 0. The van der Waals surface area contributed by atoms with Gasteiger partial charge in [0.15, 0.2) is 5.25 Å². The van der Waals surface area contributed by atoms with E-state index in [1.165, 1.54) is 0 Å². The van der Waals surface area contributed by atoms with Crippen molar-refractivity contribution < 1.29 is 90.6 Å². The zero-order valence-corrected chi connectivity index (χ0v) is 15.5. The highest BCUT2D eigenvalue weighted by Crippen LogP contribution is 2.59. The first-order valence-electron chi connectivity index (χ1n) is 6.90. The van der Waals surface area contributed by atoms with Gasteiger partial charge in [-0.15, -0.1) is 0 Å². The molecule has 32 heavy (non-hydrogen) atoms. The van der Waals surface area contributed by atoms with E-state index in [1.54, 1.807) is 0 Å². The zero-order valence-electron chi connectivity index (χ0n) is 14.7. The van der Waals surface area contributed by atoms with Crippen molar-refractivity contribution in [3.63, 3.8) is 0 Å². The van der Waals surface area contributed by atoms with E-state index in [4.69, 9.17) is 19.9 Å². The van der Waals surface area contributed by atoms with E-state index in [9.17, 15) is 70.7 Å². The highest BCUT2D eigenvalue weighted by atomic mass is 32.2. The molecule has 0 aliphatic carbocycles. The highest BCUT2D eigenvalue weighted by molar-refractivity contribution is 7.87. The summed E-state index contributed by atoms with van der Waals surface area (Å²) in [7, 11) is -4.84. The molecule has 0 aliphatic heterocycles. The van der Waals surface area contributed by atoms with E-state index in [2.05, 4.69) is 0 Å². The largest absolute Gasteiger partial charge is 0.481 e. The van der Waals surface area contributed by atoms with Crippen LogP contribution in [0.4, 0.5) is 52.7 Å². The van der Waals surface area contributed by atoms with Crippen LogP contribution in [0.5, 0.6) is 0 Å². The lowest BCUT2D eigenvalue weighted by atomic mass is 9.94. The first kappa shape index (κ1) is 32.2. The summed E-state index contributed by atoms with van der Waals surface area (Å²) < 4.78 is 176. The average molecular weight is 530 g/mol. The van der Waals surface area contributed by atoms with Crippen molar-refractivity contribution in [3.05, 3.63) is 0 Å². The molecule has 0 spiro atoms. The van der Waals surface area contributed by atoms with Crippen LogP contribution in [-0.2, 0) is 19.7 Å². The monoisotopic (exact) mass is 530 g/mol. The van der Waals surface area contributed by atoms with Crippen LogP contribution in [0.25, 0.3) is 0 Å². The summed E-state index contributed by atoms with van der Waals surface area (Å²) >= 11 is 0. The maximum atomic E-state index is 12.6.